The highest BCUT2D eigenvalue weighted by molar-refractivity contribution is 5.93. The average Bonchev–Trinajstić information content (AvgIpc) is 2.38. The topological polar surface area (TPSA) is 84.2 Å². The first-order chi connectivity index (χ1) is 9.10. The van der Waals surface area contributed by atoms with Crippen LogP contribution < -0.4 is 16.4 Å². The second-order valence-electron chi connectivity index (χ2n) is 4.79. The Morgan fingerprint density at radius 3 is 3.00 bits per heavy atom. The van der Waals surface area contributed by atoms with Crippen LogP contribution in [-0.4, -0.2) is 18.4 Å². The second-order valence-corrected chi connectivity index (χ2v) is 4.79. The minimum Gasteiger partial charge on any atom is -0.350 e. The predicted octanol–water partition coefficient (Wildman–Crippen LogP) is 1.10. The molecule has 0 saturated carbocycles. The number of carbonyl (C=O) groups excluding carboxylic acids is 2. The van der Waals surface area contributed by atoms with Crippen LogP contribution >= 0.6 is 0 Å². The molecule has 0 fully saturated rings. The van der Waals surface area contributed by atoms with E-state index in [1.165, 1.54) is 0 Å². The van der Waals surface area contributed by atoms with Crippen molar-refractivity contribution in [3.63, 3.8) is 0 Å². The van der Waals surface area contributed by atoms with Gasteiger partial charge in [-0.25, -0.2) is 0 Å². The van der Waals surface area contributed by atoms with Crippen LogP contribution in [0.2, 0.25) is 0 Å². The quantitative estimate of drug-likeness (QED) is 0.758. The monoisotopic (exact) mass is 261 g/mol. The zero-order chi connectivity index (χ0) is 13.8. The number of amides is 2. The van der Waals surface area contributed by atoms with Crippen LogP contribution in [0, 0.1) is 0 Å². The van der Waals surface area contributed by atoms with Gasteiger partial charge in [-0.15, -0.1) is 0 Å². The van der Waals surface area contributed by atoms with Crippen molar-refractivity contribution in [2.24, 2.45) is 5.73 Å². The molecule has 1 aromatic carbocycles. The first-order valence-corrected chi connectivity index (χ1v) is 6.52. The summed E-state index contributed by atoms with van der Waals surface area (Å²) < 4.78 is 0. The fourth-order valence-electron chi connectivity index (χ4n) is 2.20. The molecule has 19 heavy (non-hydrogen) atoms. The molecule has 0 aromatic heterocycles. The van der Waals surface area contributed by atoms with Crippen molar-refractivity contribution in [2.45, 2.75) is 32.2 Å². The number of hydrogen-bond donors (Lipinski definition) is 3. The molecule has 0 aliphatic carbocycles. The van der Waals surface area contributed by atoms with Gasteiger partial charge in [-0.1, -0.05) is 12.1 Å². The lowest BCUT2D eigenvalue weighted by Gasteiger charge is -2.20. The van der Waals surface area contributed by atoms with Crippen molar-refractivity contribution in [3.8, 4) is 0 Å². The third-order valence-corrected chi connectivity index (χ3v) is 3.27. The molecule has 2 amide bonds. The Kier molecular flexibility index (Phi) is 4.16. The summed E-state index contributed by atoms with van der Waals surface area (Å²) in [5.74, 6) is 0.0190. The number of nitrogens with one attached hydrogen (secondary N) is 2. The number of anilines is 1. The number of nitrogens with two attached hydrogens (primary N) is 1. The van der Waals surface area contributed by atoms with Gasteiger partial charge in [0, 0.05) is 25.1 Å². The fraction of sp³-hybridized carbons (Fsp3) is 0.429. The maximum Gasteiger partial charge on any atom is 0.224 e. The van der Waals surface area contributed by atoms with E-state index in [0.717, 1.165) is 23.2 Å². The van der Waals surface area contributed by atoms with Crippen molar-refractivity contribution in [1.82, 2.24) is 5.32 Å². The van der Waals surface area contributed by atoms with Crippen molar-refractivity contribution < 1.29 is 9.59 Å². The highest BCUT2D eigenvalue weighted by atomic mass is 16.2. The predicted molar refractivity (Wildman–Crippen MR) is 73.6 cm³/mol. The number of carbonyl (C=O) groups is 2. The Morgan fingerprint density at radius 2 is 2.26 bits per heavy atom. The summed E-state index contributed by atoms with van der Waals surface area (Å²) in [4.78, 5) is 22.8. The molecule has 0 radical (unpaired) electrons. The largest absolute Gasteiger partial charge is 0.350 e. The number of aryl methyl sites for hydroxylation is 1. The van der Waals surface area contributed by atoms with Gasteiger partial charge in [0.1, 0.15) is 0 Å². The summed E-state index contributed by atoms with van der Waals surface area (Å²) >= 11 is 0. The van der Waals surface area contributed by atoms with Gasteiger partial charge in [-0.05, 0) is 30.5 Å². The average molecular weight is 261 g/mol. The molecule has 5 heteroatoms. The SMILES string of the molecule is CC(NC(=O)CCN)c1ccc2c(c1)CCC(=O)N2. The van der Waals surface area contributed by atoms with Gasteiger partial charge < -0.3 is 16.4 Å². The Morgan fingerprint density at radius 1 is 1.47 bits per heavy atom. The molecule has 2 rings (SSSR count). The molecule has 0 spiro atoms. The molecule has 1 heterocycles. The normalized spacial score (nSPS) is 15.4. The van der Waals surface area contributed by atoms with Crippen molar-refractivity contribution in [2.75, 3.05) is 11.9 Å². The van der Waals surface area contributed by atoms with Gasteiger partial charge in [0.15, 0.2) is 0 Å². The Labute approximate surface area is 112 Å². The maximum absolute atomic E-state index is 11.5. The van der Waals surface area contributed by atoms with Crippen LogP contribution in [0.1, 0.15) is 36.9 Å². The summed E-state index contributed by atoms with van der Waals surface area (Å²) in [5.41, 5.74) is 8.39. The Balaban J connectivity index is 2.09. The van der Waals surface area contributed by atoms with Crippen LogP contribution in [0.25, 0.3) is 0 Å². The van der Waals surface area contributed by atoms with E-state index in [2.05, 4.69) is 10.6 Å². The summed E-state index contributed by atoms with van der Waals surface area (Å²) in [6.07, 6.45) is 1.61. The first-order valence-electron chi connectivity index (χ1n) is 6.52. The van der Waals surface area contributed by atoms with E-state index in [-0.39, 0.29) is 17.9 Å². The van der Waals surface area contributed by atoms with E-state index in [1.54, 1.807) is 0 Å². The summed E-state index contributed by atoms with van der Waals surface area (Å²) in [6.45, 7) is 2.30. The van der Waals surface area contributed by atoms with E-state index in [1.807, 2.05) is 25.1 Å². The summed E-state index contributed by atoms with van der Waals surface area (Å²) in [5, 5.41) is 5.75. The molecule has 1 atom stereocenters. The van der Waals surface area contributed by atoms with E-state index in [0.29, 0.717) is 19.4 Å². The molecule has 0 saturated heterocycles. The van der Waals surface area contributed by atoms with Gasteiger partial charge in [0.05, 0.1) is 6.04 Å². The first kappa shape index (κ1) is 13.5. The Bertz CT molecular complexity index is 499. The van der Waals surface area contributed by atoms with Crippen LogP contribution in [0.5, 0.6) is 0 Å². The number of fused-ring (bicyclic) bond motifs is 1. The lowest BCUT2D eigenvalue weighted by molar-refractivity contribution is -0.121. The van der Waals surface area contributed by atoms with Crippen LogP contribution in [0.3, 0.4) is 0 Å². The number of benzene rings is 1. The minimum absolute atomic E-state index is 0.0407. The molecular weight excluding hydrogens is 242 g/mol. The smallest absolute Gasteiger partial charge is 0.224 e. The zero-order valence-electron chi connectivity index (χ0n) is 11.0. The molecule has 5 nitrogen and oxygen atoms in total. The van der Waals surface area contributed by atoms with Crippen LogP contribution in [0.4, 0.5) is 5.69 Å². The van der Waals surface area contributed by atoms with Crippen LogP contribution in [0.15, 0.2) is 18.2 Å². The van der Waals surface area contributed by atoms with Crippen molar-refractivity contribution >= 4 is 17.5 Å². The second kappa shape index (κ2) is 5.84. The molecule has 1 unspecified atom stereocenters. The van der Waals surface area contributed by atoms with E-state index in [4.69, 9.17) is 5.73 Å². The Hall–Kier alpha value is -1.88. The lowest BCUT2D eigenvalue weighted by atomic mass is 9.98. The molecule has 1 aliphatic heterocycles. The molecule has 1 aliphatic rings. The van der Waals surface area contributed by atoms with E-state index < -0.39 is 0 Å². The fourth-order valence-corrected chi connectivity index (χ4v) is 2.20. The third kappa shape index (κ3) is 3.32. The van der Waals surface area contributed by atoms with Gasteiger partial charge in [-0.2, -0.15) is 0 Å². The van der Waals surface area contributed by atoms with Crippen molar-refractivity contribution in [1.29, 1.82) is 0 Å². The molecule has 102 valence electrons. The van der Waals surface area contributed by atoms with Gasteiger partial charge in [0.25, 0.3) is 0 Å². The summed E-state index contributed by atoms with van der Waals surface area (Å²) in [6, 6.07) is 5.81. The third-order valence-electron chi connectivity index (χ3n) is 3.27. The molecular formula is C14H19N3O2. The van der Waals surface area contributed by atoms with Gasteiger partial charge in [0.2, 0.25) is 11.8 Å². The minimum atomic E-state index is -0.0537. The van der Waals surface area contributed by atoms with Gasteiger partial charge in [-0.3, -0.25) is 9.59 Å². The number of hydrogen-bond acceptors (Lipinski definition) is 3. The maximum atomic E-state index is 11.5. The van der Waals surface area contributed by atoms with E-state index in [9.17, 15) is 9.59 Å². The summed E-state index contributed by atoms with van der Waals surface area (Å²) in [7, 11) is 0. The van der Waals surface area contributed by atoms with Gasteiger partial charge >= 0.3 is 0 Å². The van der Waals surface area contributed by atoms with E-state index >= 15 is 0 Å². The standard InChI is InChI=1S/C14H19N3O2/c1-9(16-14(19)6-7-15)10-2-4-12-11(8-10)3-5-13(18)17-12/h2,4,8-9H,3,5-7,15H2,1H3,(H,16,19)(H,17,18). The van der Waals surface area contributed by atoms with Crippen LogP contribution in [-0.2, 0) is 16.0 Å². The molecule has 1 aromatic rings. The number of rotatable bonds is 4. The van der Waals surface area contributed by atoms with Crippen molar-refractivity contribution in [3.05, 3.63) is 29.3 Å². The zero-order valence-corrected chi connectivity index (χ0v) is 11.0. The molecule has 4 N–H and O–H groups in total. The molecule has 0 bridgehead atoms. The highest BCUT2D eigenvalue weighted by Crippen LogP contribution is 2.26. The lowest BCUT2D eigenvalue weighted by Crippen LogP contribution is -2.28. The highest BCUT2D eigenvalue weighted by Gasteiger charge is 2.16.